The third kappa shape index (κ3) is 2.19. The lowest BCUT2D eigenvalue weighted by atomic mass is 9.86. The van der Waals surface area contributed by atoms with Gasteiger partial charge in [0.25, 0.3) is 0 Å². The Kier molecular flexibility index (Phi) is 2.94. The first-order valence-corrected chi connectivity index (χ1v) is 7.16. The van der Waals surface area contributed by atoms with Gasteiger partial charge in [-0.2, -0.15) is 5.10 Å². The van der Waals surface area contributed by atoms with Gasteiger partial charge in [0.15, 0.2) is 0 Å². The van der Waals surface area contributed by atoms with Gasteiger partial charge in [-0.05, 0) is 38.2 Å². The van der Waals surface area contributed by atoms with E-state index in [2.05, 4.69) is 40.8 Å². The Hall–Kier alpha value is -0.870. The summed E-state index contributed by atoms with van der Waals surface area (Å²) in [5.41, 5.74) is 7.66. The van der Waals surface area contributed by atoms with Gasteiger partial charge in [-0.1, -0.05) is 6.92 Å². The monoisotopic (exact) mass is 248 g/mol. The molecule has 1 aromatic rings. The normalized spacial score (nSPS) is 24.8. The molecule has 4 nitrogen and oxygen atoms in total. The van der Waals surface area contributed by atoms with Crippen molar-refractivity contribution in [2.75, 3.05) is 13.1 Å². The Labute approximate surface area is 109 Å². The molecule has 0 spiro atoms. The summed E-state index contributed by atoms with van der Waals surface area (Å²) in [5.74, 6) is 0.798. The van der Waals surface area contributed by atoms with Crippen molar-refractivity contribution in [2.45, 2.75) is 51.2 Å². The fourth-order valence-corrected chi connectivity index (χ4v) is 2.94. The summed E-state index contributed by atoms with van der Waals surface area (Å²) in [6.07, 6.45) is 5.90. The van der Waals surface area contributed by atoms with Crippen LogP contribution in [-0.4, -0.2) is 33.3 Å². The van der Waals surface area contributed by atoms with Gasteiger partial charge in [0.1, 0.15) is 0 Å². The molecule has 0 radical (unpaired) electrons. The lowest BCUT2D eigenvalue weighted by molar-refractivity contribution is 0.0465. The number of rotatable bonds is 5. The summed E-state index contributed by atoms with van der Waals surface area (Å²) in [7, 11) is 0. The highest BCUT2D eigenvalue weighted by Gasteiger charge is 2.50. The molecule has 2 N–H and O–H groups in total. The summed E-state index contributed by atoms with van der Waals surface area (Å²) in [6, 6.07) is 2.63. The minimum atomic E-state index is 0.124. The maximum absolute atomic E-state index is 6.36. The van der Waals surface area contributed by atoms with Crippen LogP contribution in [0.1, 0.15) is 44.8 Å². The maximum Gasteiger partial charge on any atom is 0.0764 e. The van der Waals surface area contributed by atoms with Crippen LogP contribution in [0.15, 0.2) is 12.3 Å². The minimum Gasteiger partial charge on any atom is -0.323 e. The number of nitrogens with zero attached hydrogens (tertiary/aromatic N) is 3. The average Bonchev–Trinajstić information content (AvgIpc) is 3.07. The molecule has 4 heteroatoms. The third-order valence-corrected chi connectivity index (χ3v) is 4.52. The molecular formula is C14H24N4. The van der Waals surface area contributed by atoms with Crippen molar-refractivity contribution in [1.29, 1.82) is 0 Å². The number of hydrogen-bond acceptors (Lipinski definition) is 3. The van der Waals surface area contributed by atoms with Crippen LogP contribution in [-0.2, 0) is 6.54 Å². The molecule has 1 unspecified atom stereocenters. The van der Waals surface area contributed by atoms with Gasteiger partial charge in [0, 0.05) is 37.4 Å². The van der Waals surface area contributed by atoms with Gasteiger partial charge < -0.3 is 5.73 Å². The van der Waals surface area contributed by atoms with Crippen molar-refractivity contribution < 1.29 is 0 Å². The van der Waals surface area contributed by atoms with Crippen molar-refractivity contribution >= 4 is 0 Å². The van der Waals surface area contributed by atoms with Gasteiger partial charge in [-0.3, -0.25) is 9.58 Å². The topological polar surface area (TPSA) is 47.1 Å². The first-order valence-electron chi connectivity index (χ1n) is 7.16. The molecule has 2 aliphatic rings. The van der Waals surface area contributed by atoms with Gasteiger partial charge >= 0.3 is 0 Å². The summed E-state index contributed by atoms with van der Waals surface area (Å²) in [5, 5.41) is 4.65. The molecule has 1 atom stereocenters. The zero-order valence-corrected chi connectivity index (χ0v) is 11.5. The molecule has 18 heavy (non-hydrogen) atoms. The van der Waals surface area contributed by atoms with E-state index in [0.29, 0.717) is 6.04 Å². The quantitative estimate of drug-likeness (QED) is 0.864. The van der Waals surface area contributed by atoms with Crippen molar-refractivity contribution in [2.24, 2.45) is 11.7 Å². The molecule has 0 aromatic carbocycles. The van der Waals surface area contributed by atoms with Crippen molar-refractivity contribution in [3.8, 4) is 0 Å². The molecule has 1 aliphatic heterocycles. The highest BCUT2D eigenvalue weighted by molar-refractivity contribution is 5.11. The van der Waals surface area contributed by atoms with E-state index < -0.39 is 0 Å². The first kappa shape index (κ1) is 12.2. The van der Waals surface area contributed by atoms with E-state index in [0.717, 1.165) is 32.0 Å². The number of likely N-dealkylation sites (tertiary alicyclic amines) is 1. The fourth-order valence-electron chi connectivity index (χ4n) is 2.94. The number of nitrogens with two attached hydrogens (primary N) is 1. The second kappa shape index (κ2) is 4.35. The Morgan fingerprint density at radius 1 is 1.50 bits per heavy atom. The Bertz CT molecular complexity index is 415. The van der Waals surface area contributed by atoms with Crippen LogP contribution in [0.2, 0.25) is 0 Å². The third-order valence-electron chi connectivity index (χ3n) is 4.52. The summed E-state index contributed by atoms with van der Waals surface area (Å²) in [6.45, 7) is 7.45. The Balaban J connectivity index is 1.53. The summed E-state index contributed by atoms with van der Waals surface area (Å²) >= 11 is 0. The van der Waals surface area contributed by atoms with Crippen molar-refractivity contribution in [1.82, 2.24) is 14.7 Å². The molecule has 1 saturated heterocycles. The summed E-state index contributed by atoms with van der Waals surface area (Å²) < 4.78 is 2.08. The standard InChI is InChI=1S/C14H24N4/c1-3-11(2)18-7-6-13(16-18)8-17-9-14(15,10-17)12-4-5-12/h6-7,11-12H,3-5,8-10,15H2,1-2H3. The molecule has 0 amide bonds. The van der Waals surface area contributed by atoms with Crippen LogP contribution in [0.3, 0.4) is 0 Å². The molecule has 100 valence electrons. The number of hydrogen-bond donors (Lipinski definition) is 1. The van der Waals surface area contributed by atoms with Crippen LogP contribution < -0.4 is 5.73 Å². The highest BCUT2D eigenvalue weighted by Crippen LogP contribution is 2.43. The van der Waals surface area contributed by atoms with E-state index in [1.165, 1.54) is 18.5 Å². The Morgan fingerprint density at radius 2 is 2.22 bits per heavy atom. The highest BCUT2D eigenvalue weighted by atomic mass is 15.3. The Morgan fingerprint density at radius 3 is 2.83 bits per heavy atom. The van der Waals surface area contributed by atoms with E-state index in [1.807, 2.05) is 0 Å². The molecule has 0 bridgehead atoms. The molecule has 2 fully saturated rings. The van der Waals surface area contributed by atoms with E-state index >= 15 is 0 Å². The van der Waals surface area contributed by atoms with Crippen LogP contribution in [0.4, 0.5) is 0 Å². The van der Waals surface area contributed by atoms with E-state index in [9.17, 15) is 0 Å². The van der Waals surface area contributed by atoms with Crippen LogP contribution >= 0.6 is 0 Å². The smallest absolute Gasteiger partial charge is 0.0764 e. The SMILES string of the molecule is CCC(C)n1ccc(CN2CC(N)(C3CC3)C2)n1. The zero-order valence-electron chi connectivity index (χ0n) is 11.5. The lowest BCUT2D eigenvalue weighted by Gasteiger charge is -2.48. The van der Waals surface area contributed by atoms with E-state index in [-0.39, 0.29) is 5.54 Å². The maximum atomic E-state index is 6.36. The van der Waals surface area contributed by atoms with Crippen LogP contribution in [0, 0.1) is 5.92 Å². The lowest BCUT2D eigenvalue weighted by Crippen LogP contribution is -2.68. The van der Waals surface area contributed by atoms with Gasteiger partial charge in [-0.15, -0.1) is 0 Å². The average molecular weight is 248 g/mol. The molecule has 1 aromatic heterocycles. The summed E-state index contributed by atoms with van der Waals surface area (Å²) in [4.78, 5) is 2.42. The van der Waals surface area contributed by atoms with E-state index in [4.69, 9.17) is 5.73 Å². The fraction of sp³-hybridized carbons (Fsp3) is 0.786. The predicted octanol–water partition coefficient (Wildman–Crippen LogP) is 1.78. The second-order valence-electron chi connectivity index (χ2n) is 6.20. The van der Waals surface area contributed by atoms with Gasteiger partial charge in [0.05, 0.1) is 5.69 Å². The molecule has 1 saturated carbocycles. The number of aromatic nitrogens is 2. The molecule has 3 rings (SSSR count). The largest absolute Gasteiger partial charge is 0.323 e. The van der Waals surface area contributed by atoms with Crippen molar-refractivity contribution in [3.05, 3.63) is 18.0 Å². The zero-order chi connectivity index (χ0) is 12.8. The van der Waals surface area contributed by atoms with Gasteiger partial charge in [0.2, 0.25) is 0 Å². The first-order chi connectivity index (χ1) is 8.60. The molecule has 1 aliphatic carbocycles. The van der Waals surface area contributed by atoms with Crippen LogP contribution in [0.25, 0.3) is 0 Å². The second-order valence-corrected chi connectivity index (χ2v) is 6.20. The minimum absolute atomic E-state index is 0.124. The molecular weight excluding hydrogens is 224 g/mol. The van der Waals surface area contributed by atoms with Crippen LogP contribution in [0.5, 0.6) is 0 Å². The predicted molar refractivity (Wildman–Crippen MR) is 72.1 cm³/mol. The van der Waals surface area contributed by atoms with Gasteiger partial charge in [-0.25, -0.2) is 0 Å². The molecule has 2 heterocycles. The van der Waals surface area contributed by atoms with E-state index in [1.54, 1.807) is 0 Å². The van der Waals surface area contributed by atoms with Crippen molar-refractivity contribution in [3.63, 3.8) is 0 Å².